The first-order valence-corrected chi connectivity index (χ1v) is 8.76. The normalized spacial score (nSPS) is 19.2. The minimum atomic E-state index is -0.0267. The number of aryl methyl sites for hydroxylation is 1. The van der Waals surface area contributed by atoms with E-state index in [0.29, 0.717) is 44.3 Å². The predicted octanol–water partition coefficient (Wildman–Crippen LogP) is -0.686. The van der Waals surface area contributed by atoms with Gasteiger partial charge in [0.1, 0.15) is 0 Å². The molecule has 2 fully saturated rings. The summed E-state index contributed by atoms with van der Waals surface area (Å²) in [4.78, 5) is 34.5. The van der Waals surface area contributed by atoms with E-state index in [1.54, 1.807) is 11.8 Å². The smallest absolute Gasteiger partial charge is 0.230 e. The molecular formula is C16H25N5O4. The lowest BCUT2D eigenvalue weighted by atomic mass is 10.2. The van der Waals surface area contributed by atoms with Gasteiger partial charge in [-0.15, -0.1) is 0 Å². The second-order valence-electron chi connectivity index (χ2n) is 6.37. The highest BCUT2D eigenvalue weighted by Crippen LogP contribution is 2.08. The summed E-state index contributed by atoms with van der Waals surface area (Å²) in [6.07, 6.45) is 0.665. The summed E-state index contributed by atoms with van der Waals surface area (Å²) in [6, 6.07) is 0. The molecule has 3 rings (SSSR count). The molecule has 1 aromatic heterocycles. The topological polar surface area (TPSA) is 92.0 Å². The maximum atomic E-state index is 12.3. The molecule has 9 heteroatoms. The molecule has 0 aliphatic carbocycles. The van der Waals surface area contributed by atoms with E-state index in [9.17, 15) is 9.59 Å². The van der Waals surface area contributed by atoms with Crippen LogP contribution in [-0.2, 0) is 20.7 Å². The van der Waals surface area contributed by atoms with Crippen LogP contribution in [0, 0.1) is 6.92 Å². The van der Waals surface area contributed by atoms with Crippen LogP contribution in [0.15, 0.2) is 4.52 Å². The summed E-state index contributed by atoms with van der Waals surface area (Å²) >= 11 is 0. The third kappa shape index (κ3) is 4.99. The summed E-state index contributed by atoms with van der Waals surface area (Å²) in [7, 11) is 0. The van der Waals surface area contributed by atoms with Crippen LogP contribution in [-0.4, -0.2) is 95.7 Å². The van der Waals surface area contributed by atoms with Crippen LogP contribution in [0.5, 0.6) is 0 Å². The van der Waals surface area contributed by atoms with E-state index in [1.165, 1.54) is 0 Å². The molecule has 0 aromatic carbocycles. The molecular weight excluding hydrogens is 326 g/mol. The zero-order chi connectivity index (χ0) is 17.6. The lowest BCUT2D eigenvalue weighted by molar-refractivity contribution is -0.139. The summed E-state index contributed by atoms with van der Waals surface area (Å²) in [5, 5.41) is 3.75. The highest BCUT2D eigenvalue weighted by molar-refractivity contribution is 5.79. The number of rotatable bonds is 5. The van der Waals surface area contributed by atoms with Crippen LogP contribution >= 0.6 is 0 Å². The van der Waals surface area contributed by atoms with Crippen molar-refractivity contribution in [2.24, 2.45) is 0 Å². The lowest BCUT2D eigenvalue weighted by Crippen LogP contribution is -2.51. The first-order valence-electron chi connectivity index (χ1n) is 8.76. The van der Waals surface area contributed by atoms with Gasteiger partial charge >= 0.3 is 0 Å². The summed E-state index contributed by atoms with van der Waals surface area (Å²) in [6.45, 7) is 8.02. The van der Waals surface area contributed by atoms with Gasteiger partial charge in [-0.2, -0.15) is 4.98 Å². The number of aromatic nitrogens is 2. The van der Waals surface area contributed by atoms with Crippen molar-refractivity contribution in [3.63, 3.8) is 0 Å². The first-order chi connectivity index (χ1) is 12.1. The Labute approximate surface area is 146 Å². The van der Waals surface area contributed by atoms with Gasteiger partial charge in [-0.3, -0.25) is 14.5 Å². The average molecular weight is 351 g/mol. The number of nitrogens with zero attached hydrogens (tertiary/aromatic N) is 5. The summed E-state index contributed by atoms with van der Waals surface area (Å²) in [5.74, 6) is 0.999. The van der Waals surface area contributed by atoms with Crippen molar-refractivity contribution in [1.29, 1.82) is 0 Å². The molecule has 138 valence electrons. The third-order valence-electron chi connectivity index (χ3n) is 4.61. The molecule has 2 amide bonds. The molecule has 0 unspecified atom stereocenters. The van der Waals surface area contributed by atoms with Crippen LogP contribution < -0.4 is 0 Å². The Morgan fingerprint density at radius 1 is 1.00 bits per heavy atom. The van der Waals surface area contributed by atoms with Crippen molar-refractivity contribution in [3.8, 4) is 0 Å². The van der Waals surface area contributed by atoms with E-state index in [4.69, 9.17) is 9.26 Å². The van der Waals surface area contributed by atoms with Gasteiger partial charge in [0.15, 0.2) is 5.82 Å². The molecule has 0 atom stereocenters. The second kappa shape index (κ2) is 8.39. The van der Waals surface area contributed by atoms with E-state index < -0.39 is 0 Å². The number of morpholine rings is 1. The van der Waals surface area contributed by atoms with Gasteiger partial charge < -0.3 is 19.1 Å². The molecule has 9 nitrogen and oxygen atoms in total. The van der Waals surface area contributed by atoms with Gasteiger partial charge in [-0.25, -0.2) is 0 Å². The number of hydrogen-bond acceptors (Lipinski definition) is 7. The van der Waals surface area contributed by atoms with Crippen LogP contribution in [0.1, 0.15) is 18.1 Å². The molecule has 0 N–H and O–H groups in total. The van der Waals surface area contributed by atoms with Gasteiger partial charge in [0.05, 0.1) is 19.6 Å². The maximum absolute atomic E-state index is 12.3. The molecule has 25 heavy (non-hydrogen) atoms. The Bertz CT molecular complexity index is 591. The van der Waals surface area contributed by atoms with Crippen LogP contribution in [0.3, 0.4) is 0 Å². The highest BCUT2D eigenvalue weighted by atomic mass is 16.5. The van der Waals surface area contributed by atoms with Crippen molar-refractivity contribution in [2.75, 3.05) is 59.0 Å². The van der Waals surface area contributed by atoms with Crippen molar-refractivity contribution >= 4 is 11.8 Å². The Balaban J connectivity index is 1.38. The van der Waals surface area contributed by atoms with E-state index >= 15 is 0 Å². The fraction of sp³-hybridized carbons (Fsp3) is 0.750. The van der Waals surface area contributed by atoms with Gasteiger partial charge in [0, 0.05) is 59.2 Å². The number of piperazine rings is 1. The van der Waals surface area contributed by atoms with Crippen molar-refractivity contribution in [3.05, 3.63) is 11.7 Å². The fourth-order valence-corrected chi connectivity index (χ4v) is 3.10. The number of ether oxygens (including phenoxy) is 1. The Morgan fingerprint density at radius 2 is 1.64 bits per heavy atom. The fourth-order valence-electron chi connectivity index (χ4n) is 3.10. The molecule has 1 aromatic rings. The molecule has 2 aliphatic rings. The molecule has 0 bridgehead atoms. The molecule has 0 spiro atoms. The Kier molecular flexibility index (Phi) is 5.98. The molecule has 3 heterocycles. The van der Waals surface area contributed by atoms with Gasteiger partial charge in [-0.1, -0.05) is 5.16 Å². The zero-order valence-corrected chi connectivity index (χ0v) is 14.6. The highest BCUT2D eigenvalue weighted by Gasteiger charge is 2.25. The van der Waals surface area contributed by atoms with Gasteiger partial charge in [-0.05, 0) is 0 Å². The van der Waals surface area contributed by atoms with E-state index in [1.807, 2.05) is 4.90 Å². The molecule has 2 aliphatic heterocycles. The van der Waals surface area contributed by atoms with E-state index in [2.05, 4.69) is 15.0 Å². The molecule has 0 saturated carbocycles. The zero-order valence-electron chi connectivity index (χ0n) is 14.6. The SMILES string of the molecule is Cc1nc(CC(=O)N2CCN(C(=O)CCN3CCOCC3)CC2)no1. The quantitative estimate of drug-likeness (QED) is 0.693. The summed E-state index contributed by atoms with van der Waals surface area (Å²) < 4.78 is 10.2. The Hall–Kier alpha value is -2.00. The van der Waals surface area contributed by atoms with E-state index in [0.717, 1.165) is 32.8 Å². The monoisotopic (exact) mass is 351 g/mol. The molecule has 0 radical (unpaired) electrons. The van der Waals surface area contributed by atoms with Crippen molar-refractivity contribution in [1.82, 2.24) is 24.8 Å². The number of hydrogen-bond donors (Lipinski definition) is 0. The second-order valence-corrected chi connectivity index (χ2v) is 6.37. The standard InChI is InChI=1S/C16H25N5O4/c1-13-17-14(18-25-13)12-16(23)21-6-4-20(5-7-21)15(22)2-3-19-8-10-24-11-9-19/h2-12H2,1H3. The van der Waals surface area contributed by atoms with Crippen molar-refractivity contribution < 1.29 is 18.8 Å². The van der Waals surface area contributed by atoms with E-state index in [-0.39, 0.29) is 18.2 Å². The van der Waals surface area contributed by atoms with Gasteiger partial charge in [0.2, 0.25) is 17.7 Å². The number of amides is 2. The first kappa shape index (κ1) is 17.8. The van der Waals surface area contributed by atoms with Crippen LogP contribution in [0.25, 0.3) is 0 Å². The largest absolute Gasteiger partial charge is 0.379 e. The van der Waals surface area contributed by atoms with Crippen LogP contribution in [0.2, 0.25) is 0 Å². The summed E-state index contributed by atoms with van der Waals surface area (Å²) in [5.41, 5.74) is 0. The van der Waals surface area contributed by atoms with Crippen molar-refractivity contribution in [2.45, 2.75) is 19.8 Å². The molecule has 2 saturated heterocycles. The predicted molar refractivity (Wildman–Crippen MR) is 87.8 cm³/mol. The minimum absolute atomic E-state index is 0.0267. The number of carbonyl (C=O) groups is 2. The lowest BCUT2D eigenvalue weighted by Gasteiger charge is -2.35. The third-order valence-corrected chi connectivity index (χ3v) is 4.61. The minimum Gasteiger partial charge on any atom is -0.379 e. The van der Waals surface area contributed by atoms with Crippen LogP contribution in [0.4, 0.5) is 0 Å². The number of carbonyl (C=O) groups excluding carboxylic acids is 2. The maximum Gasteiger partial charge on any atom is 0.230 e. The Morgan fingerprint density at radius 3 is 2.24 bits per heavy atom. The van der Waals surface area contributed by atoms with Gasteiger partial charge in [0.25, 0.3) is 0 Å². The average Bonchev–Trinajstić information content (AvgIpc) is 3.05.